The molecule has 0 aliphatic rings. The Hall–Kier alpha value is -1.66. The zero-order valence-corrected chi connectivity index (χ0v) is 6.18. The number of nitrogens with one attached hydrogen (secondary N) is 1. The number of alkyl halides is 3. The SMILES string of the molecule is Nc1cc(=O)[nH]cc1OC(F)(F)F. The average molecular weight is 194 g/mol. The number of nitrogen functional groups attached to an aromatic ring is 1. The molecular weight excluding hydrogens is 189 g/mol. The Labute approximate surface area is 70.1 Å². The predicted molar refractivity (Wildman–Crippen MR) is 38.2 cm³/mol. The average Bonchev–Trinajstić information content (AvgIpc) is 1.93. The quantitative estimate of drug-likeness (QED) is 0.696. The van der Waals surface area contributed by atoms with Crippen molar-refractivity contribution >= 4 is 5.69 Å². The number of H-pyrrole nitrogens is 1. The third-order valence-corrected chi connectivity index (χ3v) is 1.14. The highest BCUT2D eigenvalue weighted by atomic mass is 19.4. The van der Waals surface area contributed by atoms with E-state index in [0.717, 1.165) is 12.3 Å². The second-order valence-electron chi connectivity index (χ2n) is 2.16. The van der Waals surface area contributed by atoms with Gasteiger partial charge in [-0.1, -0.05) is 0 Å². The molecule has 0 amide bonds. The van der Waals surface area contributed by atoms with Gasteiger partial charge in [-0.2, -0.15) is 0 Å². The first kappa shape index (κ1) is 9.43. The van der Waals surface area contributed by atoms with Gasteiger partial charge in [-0.15, -0.1) is 13.2 Å². The van der Waals surface area contributed by atoms with Crippen LogP contribution in [0.15, 0.2) is 17.1 Å². The first-order valence-electron chi connectivity index (χ1n) is 3.12. The van der Waals surface area contributed by atoms with Gasteiger partial charge in [0, 0.05) is 12.3 Å². The van der Waals surface area contributed by atoms with E-state index in [2.05, 4.69) is 4.74 Å². The molecule has 0 fully saturated rings. The number of hydrogen-bond acceptors (Lipinski definition) is 3. The molecule has 0 atom stereocenters. The van der Waals surface area contributed by atoms with Gasteiger partial charge in [0.05, 0.1) is 5.69 Å². The molecule has 0 aliphatic carbocycles. The van der Waals surface area contributed by atoms with Crippen LogP contribution >= 0.6 is 0 Å². The summed E-state index contributed by atoms with van der Waals surface area (Å²) in [5.74, 6) is -0.618. The molecular formula is C6H5F3N2O2. The Morgan fingerprint density at radius 3 is 2.54 bits per heavy atom. The zero-order chi connectivity index (χ0) is 10.1. The standard InChI is InChI=1S/C6H5F3N2O2/c7-6(8,9)13-4-2-11-5(12)1-3(4)10/h1-2H,(H3,10,11,12). The molecule has 4 nitrogen and oxygen atoms in total. The molecule has 1 aromatic rings. The van der Waals surface area contributed by atoms with Crippen LogP contribution in [0.5, 0.6) is 5.75 Å². The van der Waals surface area contributed by atoms with Crippen LogP contribution in [-0.4, -0.2) is 11.3 Å². The highest BCUT2D eigenvalue weighted by molar-refractivity contribution is 5.49. The topological polar surface area (TPSA) is 68.1 Å². The second-order valence-corrected chi connectivity index (χ2v) is 2.16. The van der Waals surface area contributed by atoms with E-state index in [0.29, 0.717) is 0 Å². The number of rotatable bonds is 1. The van der Waals surface area contributed by atoms with Gasteiger partial charge in [0.1, 0.15) is 0 Å². The molecule has 0 saturated heterocycles. The lowest BCUT2D eigenvalue weighted by Gasteiger charge is -2.09. The lowest BCUT2D eigenvalue weighted by atomic mass is 10.4. The summed E-state index contributed by atoms with van der Waals surface area (Å²) in [6.45, 7) is 0. The molecule has 3 N–H and O–H groups in total. The van der Waals surface area contributed by atoms with Crippen LogP contribution in [0.1, 0.15) is 0 Å². The van der Waals surface area contributed by atoms with Crippen LogP contribution in [0.2, 0.25) is 0 Å². The van der Waals surface area contributed by atoms with Crippen molar-refractivity contribution in [3.05, 3.63) is 22.6 Å². The van der Waals surface area contributed by atoms with Gasteiger partial charge in [0.2, 0.25) is 5.56 Å². The largest absolute Gasteiger partial charge is 0.573 e. The summed E-state index contributed by atoms with van der Waals surface area (Å²) in [7, 11) is 0. The summed E-state index contributed by atoms with van der Waals surface area (Å²) >= 11 is 0. The maximum Gasteiger partial charge on any atom is 0.573 e. The van der Waals surface area contributed by atoms with Gasteiger partial charge in [-0.25, -0.2) is 0 Å². The van der Waals surface area contributed by atoms with E-state index in [1.165, 1.54) is 0 Å². The van der Waals surface area contributed by atoms with E-state index in [1.807, 2.05) is 4.98 Å². The molecule has 13 heavy (non-hydrogen) atoms. The second kappa shape index (κ2) is 3.00. The van der Waals surface area contributed by atoms with Gasteiger partial charge in [-0.3, -0.25) is 4.79 Å². The number of halogens is 3. The van der Waals surface area contributed by atoms with Crippen LogP contribution in [0.25, 0.3) is 0 Å². The lowest BCUT2D eigenvalue weighted by molar-refractivity contribution is -0.274. The number of anilines is 1. The highest BCUT2D eigenvalue weighted by Crippen LogP contribution is 2.25. The molecule has 72 valence electrons. The Morgan fingerprint density at radius 2 is 2.08 bits per heavy atom. The van der Waals surface area contributed by atoms with Crippen molar-refractivity contribution in [1.82, 2.24) is 4.98 Å². The van der Waals surface area contributed by atoms with Gasteiger partial charge < -0.3 is 15.5 Å². The number of hydrogen-bond donors (Lipinski definition) is 2. The molecule has 0 aromatic carbocycles. The Bertz CT molecular complexity index is 358. The Balaban J connectivity index is 2.97. The minimum atomic E-state index is -4.81. The molecule has 0 aliphatic heterocycles. The summed E-state index contributed by atoms with van der Waals surface area (Å²) in [4.78, 5) is 12.5. The predicted octanol–water partition coefficient (Wildman–Crippen LogP) is 0.856. The monoisotopic (exact) mass is 194 g/mol. The summed E-state index contributed by atoms with van der Waals surface area (Å²) in [5, 5.41) is 0. The van der Waals surface area contributed by atoms with E-state index in [-0.39, 0.29) is 5.69 Å². The van der Waals surface area contributed by atoms with Gasteiger partial charge >= 0.3 is 6.36 Å². The molecule has 0 unspecified atom stereocenters. The van der Waals surface area contributed by atoms with E-state index in [9.17, 15) is 18.0 Å². The molecule has 1 aromatic heterocycles. The minimum Gasteiger partial charge on any atom is -0.402 e. The molecule has 0 bridgehead atoms. The van der Waals surface area contributed by atoms with Crippen molar-refractivity contribution in [3.8, 4) is 5.75 Å². The van der Waals surface area contributed by atoms with Gasteiger partial charge in [0.15, 0.2) is 5.75 Å². The van der Waals surface area contributed by atoms with Crippen molar-refractivity contribution < 1.29 is 17.9 Å². The summed E-state index contributed by atoms with van der Waals surface area (Å²) in [5.41, 5.74) is 4.13. The molecule has 0 spiro atoms. The number of ether oxygens (including phenoxy) is 1. The fourth-order valence-electron chi connectivity index (χ4n) is 0.687. The molecule has 0 saturated carbocycles. The molecule has 1 heterocycles. The van der Waals surface area contributed by atoms with E-state index >= 15 is 0 Å². The lowest BCUT2D eigenvalue weighted by Crippen LogP contribution is -2.19. The van der Waals surface area contributed by atoms with Crippen LogP contribution < -0.4 is 16.0 Å². The molecule has 7 heteroatoms. The van der Waals surface area contributed by atoms with Crippen molar-refractivity contribution in [3.63, 3.8) is 0 Å². The normalized spacial score (nSPS) is 11.3. The van der Waals surface area contributed by atoms with Crippen molar-refractivity contribution in [2.24, 2.45) is 0 Å². The highest BCUT2D eigenvalue weighted by Gasteiger charge is 2.31. The van der Waals surface area contributed by atoms with E-state index < -0.39 is 17.7 Å². The Kier molecular flexibility index (Phi) is 2.18. The minimum absolute atomic E-state index is 0.360. The number of aromatic amines is 1. The third-order valence-electron chi connectivity index (χ3n) is 1.14. The van der Waals surface area contributed by atoms with Gasteiger partial charge in [0.25, 0.3) is 0 Å². The number of nitrogens with two attached hydrogens (primary N) is 1. The fourth-order valence-corrected chi connectivity index (χ4v) is 0.687. The van der Waals surface area contributed by atoms with E-state index in [1.54, 1.807) is 0 Å². The molecule has 1 rings (SSSR count). The van der Waals surface area contributed by atoms with Crippen molar-refractivity contribution in [1.29, 1.82) is 0 Å². The van der Waals surface area contributed by atoms with Crippen LogP contribution in [0, 0.1) is 0 Å². The smallest absolute Gasteiger partial charge is 0.402 e. The third kappa shape index (κ3) is 2.69. The summed E-state index contributed by atoms with van der Waals surface area (Å²) in [6.07, 6.45) is -4.06. The van der Waals surface area contributed by atoms with Crippen molar-refractivity contribution in [2.45, 2.75) is 6.36 Å². The van der Waals surface area contributed by atoms with Gasteiger partial charge in [-0.05, 0) is 0 Å². The van der Waals surface area contributed by atoms with Crippen molar-refractivity contribution in [2.75, 3.05) is 5.73 Å². The zero-order valence-electron chi connectivity index (χ0n) is 6.18. The number of pyridine rings is 1. The Morgan fingerprint density at radius 1 is 1.46 bits per heavy atom. The maximum atomic E-state index is 11.7. The fraction of sp³-hybridized carbons (Fsp3) is 0.167. The van der Waals surface area contributed by atoms with Crippen LogP contribution in [-0.2, 0) is 0 Å². The van der Waals surface area contributed by atoms with Crippen LogP contribution in [0.4, 0.5) is 18.9 Å². The number of aromatic nitrogens is 1. The molecule has 0 radical (unpaired) electrons. The maximum absolute atomic E-state index is 11.7. The summed E-state index contributed by atoms with van der Waals surface area (Å²) < 4.78 is 38.4. The summed E-state index contributed by atoms with van der Waals surface area (Å²) in [6, 6.07) is 0.807. The first-order chi connectivity index (χ1) is 5.88. The van der Waals surface area contributed by atoms with Crippen LogP contribution in [0.3, 0.4) is 0 Å². The first-order valence-corrected chi connectivity index (χ1v) is 3.12. The van der Waals surface area contributed by atoms with E-state index in [4.69, 9.17) is 5.73 Å².